The number of rotatable bonds is 3. The van der Waals surface area contributed by atoms with E-state index in [1.165, 1.54) is 30.4 Å². The van der Waals surface area contributed by atoms with Crippen molar-refractivity contribution in [3.05, 3.63) is 68.0 Å². The van der Waals surface area contributed by atoms with E-state index in [-0.39, 0.29) is 22.1 Å². The van der Waals surface area contributed by atoms with Crippen molar-refractivity contribution in [2.24, 2.45) is 0 Å². The van der Waals surface area contributed by atoms with Gasteiger partial charge in [-0.15, -0.1) is 0 Å². The van der Waals surface area contributed by atoms with Gasteiger partial charge in [0.15, 0.2) is 0 Å². The molecule has 110 valence electrons. The van der Waals surface area contributed by atoms with Crippen molar-refractivity contribution in [2.45, 2.75) is 6.42 Å². The second-order valence-corrected chi connectivity index (χ2v) is 5.47. The highest BCUT2D eigenvalue weighted by molar-refractivity contribution is 7.72. The van der Waals surface area contributed by atoms with Crippen molar-refractivity contribution < 1.29 is 18.4 Å². The van der Waals surface area contributed by atoms with Gasteiger partial charge in [-0.25, -0.2) is 0 Å². The molecule has 0 aromatic heterocycles. The third-order valence-electron chi connectivity index (χ3n) is 2.86. The van der Waals surface area contributed by atoms with E-state index in [9.17, 15) is 23.7 Å². The molecule has 1 aromatic carbocycles. The van der Waals surface area contributed by atoms with E-state index in [1.54, 1.807) is 0 Å². The molecule has 0 spiro atoms. The summed E-state index contributed by atoms with van der Waals surface area (Å²) in [5.74, 6) is 0. The van der Waals surface area contributed by atoms with Crippen LogP contribution in [0.25, 0.3) is 0 Å². The fourth-order valence-electron chi connectivity index (χ4n) is 1.89. The first kappa shape index (κ1) is 15.4. The van der Waals surface area contributed by atoms with E-state index in [1.807, 2.05) is 0 Å². The number of quaternary nitrogens is 1. The standard InChI is InChI=1S/C12H9ClN2O5S/c13-11-7-10(15(17)18)4-3-8(11)6-9-2-1-5-14(16)12(9)21(19)20/h1-5,7,14H,6H2. The Balaban J connectivity index is 2.38. The van der Waals surface area contributed by atoms with Crippen molar-refractivity contribution in [3.63, 3.8) is 0 Å². The zero-order chi connectivity index (χ0) is 15.6. The van der Waals surface area contributed by atoms with Gasteiger partial charge in [-0.2, -0.15) is 8.42 Å². The molecular weight excluding hydrogens is 320 g/mol. The lowest BCUT2D eigenvalue weighted by Crippen LogP contribution is -3.06. The number of allylic oxidation sites excluding steroid dienone is 2. The minimum absolute atomic E-state index is 0.0935. The molecule has 0 fully saturated rings. The normalized spacial score (nSPS) is 17.5. The highest BCUT2D eigenvalue weighted by Crippen LogP contribution is 2.24. The summed E-state index contributed by atoms with van der Waals surface area (Å²) in [7, 11) is -2.66. The van der Waals surface area contributed by atoms with Gasteiger partial charge in [0, 0.05) is 24.1 Å². The Hall–Kier alpha value is -2.00. The first-order valence-corrected chi connectivity index (χ1v) is 7.16. The fourth-order valence-corrected chi connectivity index (χ4v) is 2.72. The van der Waals surface area contributed by atoms with Crippen LogP contribution in [0, 0.1) is 15.3 Å². The molecule has 1 aliphatic heterocycles. The number of non-ortho nitro benzene ring substituents is 1. The SMILES string of the molecule is O=[N+]([O-])c1ccc(CC2=CC=C[NH+]([O-])C2=S(=O)=O)c(Cl)c1. The maximum absolute atomic E-state index is 11.6. The van der Waals surface area contributed by atoms with Gasteiger partial charge in [0.05, 0.1) is 9.95 Å². The predicted octanol–water partition coefficient (Wildman–Crippen LogP) is 0.636. The van der Waals surface area contributed by atoms with Crippen LogP contribution in [0.2, 0.25) is 5.02 Å². The second kappa shape index (κ2) is 6.19. The number of nitrogens with zero attached hydrogens (tertiary/aromatic N) is 1. The Bertz CT molecular complexity index is 790. The van der Waals surface area contributed by atoms with E-state index in [2.05, 4.69) is 0 Å². The topological polar surface area (TPSA) is 105 Å². The summed E-state index contributed by atoms with van der Waals surface area (Å²) in [6, 6.07) is 3.90. The third-order valence-corrected chi connectivity index (χ3v) is 4.00. The van der Waals surface area contributed by atoms with E-state index in [0.29, 0.717) is 11.1 Å². The molecular formula is C12H9ClN2O5S. The van der Waals surface area contributed by atoms with Crippen LogP contribution >= 0.6 is 11.6 Å². The molecule has 1 aromatic rings. The number of hydrogen-bond acceptors (Lipinski definition) is 5. The maximum atomic E-state index is 11.6. The van der Waals surface area contributed by atoms with Gasteiger partial charge in [-0.05, 0) is 17.7 Å². The molecule has 1 N–H and O–H groups in total. The van der Waals surface area contributed by atoms with Crippen molar-refractivity contribution >= 4 is 32.6 Å². The molecule has 0 saturated heterocycles. The summed E-state index contributed by atoms with van der Waals surface area (Å²) in [6.07, 6.45) is 4.21. The molecule has 0 bridgehead atoms. The lowest BCUT2D eigenvalue weighted by molar-refractivity contribution is -0.680. The van der Waals surface area contributed by atoms with Gasteiger partial charge >= 0.3 is 0 Å². The summed E-state index contributed by atoms with van der Waals surface area (Å²) >= 11 is 5.96. The van der Waals surface area contributed by atoms with Gasteiger partial charge in [-0.1, -0.05) is 17.7 Å². The van der Waals surface area contributed by atoms with Crippen LogP contribution in [0.3, 0.4) is 0 Å². The van der Waals surface area contributed by atoms with E-state index < -0.39 is 20.3 Å². The number of nitro benzene ring substituents is 1. The summed E-state index contributed by atoms with van der Waals surface area (Å²) in [6.45, 7) is 0. The fraction of sp³-hybridized carbons (Fsp3) is 0.0833. The minimum Gasteiger partial charge on any atom is -0.623 e. The van der Waals surface area contributed by atoms with Gasteiger partial charge in [0.25, 0.3) is 21.0 Å². The lowest BCUT2D eigenvalue weighted by atomic mass is 10.0. The number of hydroxylamine groups is 2. The van der Waals surface area contributed by atoms with Crippen LogP contribution in [0.1, 0.15) is 5.56 Å². The average molecular weight is 329 g/mol. The number of nitrogens with one attached hydrogen (secondary N) is 1. The van der Waals surface area contributed by atoms with Crippen molar-refractivity contribution in [3.8, 4) is 0 Å². The molecule has 0 saturated carbocycles. The number of hydrogen-bond donors (Lipinski definition) is 1. The third kappa shape index (κ3) is 3.37. The Morgan fingerprint density at radius 2 is 2.05 bits per heavy atom. The highest BCUT2D eigenvalue weighted by atomic mass is 35.5. The molecule has 2 rings (SSSR count). The molecule has 21 heavy (non-hydrogen) atoms. The first-order chi connectivity index (χ1) is 9.90. The highest BCUT2D eigenvalue weighted by Gasteiger charge is 2.20. The summed E-state index contributed by atoms with van der Waals surface area (Å²) in [4.78, 5) is 9.74. The smallest absolute Gasteiger partial charge is 0.277 e. The quantitative estimate of drug-likeness (QED) is 0.379. The maximum Gasteiger partial charge on any atom is 0.277 e. The molecule has 0 radical (unpaired) electrons. The van der Waals surface area contributed by atoms with Crippen LogP contribution in [-0.2, 0) is 16.7 Å². The van der Waals surface area contributed by atoms with Gasteiger partial charge in [0.2, 0.25) is 0 Å². The first-order valence-electron chi connectivity index (χ1n) is 5.71. The summed E-state index contributed by atoms with van der Waals surface area (Å²) in [5.41, 5.74) is 0.639. The molecule has 0 amide bonds. The van der Waals surface area contributed by atoms with E-state index in [0.717, 1.165) is 6.20 Å². The zero-order valence-corrected chi connectivity index (χ0v) is 12.0. The Kier molecular flexibility index (Phi) is 4.53. The Labute approximate surface area is 126 Å². The molecule has 9 heteroatoms. The lowest BCUT2D eigenvalue weighted by Gasteiger charge is -2.21. The molecule has 1 atom stereocenters. The molecule has 7 nitrogen and oxygen atoms in total. The Morgan fingerprint density at radius 1 is 1.33 bits per heavy atom. The van der Waals surface area contributed by atoms with Crippen LogP contribution in [0.4, 0.5) is 5.69 Å². The van der Waals surface area contributed by atoms with Gasteiger partial charge < -0.3 is 10.3 Å². The van der Waals surface area contributed by atoms with Crippen LogP contribution in [-0.4, -0.2) is 18.3 Å². The van der Waals surface area contributed by atoms with Gasteiger partial charge in [0.1, 0.15) is 6.20 Å². The monoisotopic (exact) mass is 328 g/mol. The summed E-state index contributed by atoms with van der Waals surface area (Å²) in [5, 5.41) is 21.8. The largest absolute Gasteiger partial charge is 0.623 e. The summed E-state index contributed by atoms with van der Waals surface area (Å²) < 4.78 is 22.3. The second-order valence-electron chi connectivity index (χ2n) is 4.19. The molecule has 1 unspecified atom stereocenters. The zero-order valence-electron chi connectivity index (χ0n) is 10.4. The number of halogens is 1. The van der Waals surface area contributed by atoms with Crippen LogP contribution < -0.4 is 5.06 Å². The van der Waals surface area contributed by atoms with Crippen molar-refractivity contribution in [1.29, 1.82) is 0 Å². The van der Waals surface area contributed by atoms with Crippen molar-refractivity contribution in [1.82, 2.24) is 0 Å². The average Bonchev–Trinajstić information content (AvgIpc) is 2.40. The van der Waals surface area contributed by atoms with Crippen LogP contribution in [0.15, 0.2) is 42.1 Å². The van der Waals surface area contributed by atoms with E-state index >= 15 is 0 Å². The van der Waals surface area contributed by atoms with Crippen molar-refractivity contribution in [2.75, 3.05) is 0 Å². The van der Waals surface area contributed by atoms with E-state index in [4.69, 9.17) is 11.6 Å². The Morgan fingerprint density at radius 3 is 2.62 bits per heavy atom. The molecule has 1 aliphatic rings. The molecule has 1 heterocycles. The molecule has 0 aliphatic carbocycles. The minimum atomic E-state index is -2.66. The van der Waals surface area contributed by atoms with Gasteiger partial charge in [-0.3, -0.25) is 10.1 Å². The number of nitro groups is 1. The van der Waals surface area contributed by atoms with Crippen LogP contribution in [0.5, 0.6) is 0 Å². The number of benzene rings is 1. The predicted molar refractivity (Wildman–Crippen MR) is 77.3 cm³/mol.